The summed E-state index contributed by atoms with van der Waals surface area (Å²) >= 11 is 0. The Morgan fingerprint density at radius 3 is 2.29 bits per heavy atom. The molecule has 1 aliphatic heterocycles. The van der Waals surface area contributed by atoms with Gasteiger partial charge in [0.25, 0.3) is 0 Å². The van der Waals surface area contributed by atoms with Gasteiger partial charge in [-0.3, -0.25) is 14.4 Å². The van der Waals surface area contributed by atoms with Crippen molar-refractivity contribution in [3.05, 3.63) is 12.2 Å². The molecule has 2 N–H and O–H groups in total. The molecule has 1 saturated heterocycles. The van der Waals surface area contributed by atoms with Gasteiger partial charge in [0.15, 0.2) is 0 Å². The maximum absolute atomic E-state index is 13.9. The SMILES string of the molecule is CCC[C@@H]1C=C[C@H]2[C@@H](C(=O)N([C@@H](CC)CO)[C@@H]2C(=O)NC(C)(C)CC(C)(C)C)[C@@H]1C(=O)OCC. The van der Waals surface area contributed by atoms with E-state index in [0.717, 1.165) is 19.3 Å². The Balaban J connectivity index is 2.51. The molecule has 0 aromatic rings. The lowest BCUT2D eigenvalue weighted by Gasteiger charge is -2.38. The molecule has 0 aromatic heterocycles. The highest BCUT2D eigenvalue weighted by Gasteiger charge is 2.59. The molecule has 0 bridgehead atoms. The highest BCUT2D eigenvalue weighted by Crippen LogP contribution is 2.46. The molecule has 0 spiro atoms. The minimum Gasteiger partial charge on any atom is -0.466 e. The number of fused-ring (bicyclic) bond motifs is 1. The normalized spacial score (nSPS) is 28.0. The smallest absolute Gasteiger partial charge is 0.310 e. The van der Waals surface area contributed by atoms with E-state index in [1.54, 1.807) is 11.8 Å². The van der Waals surface area contributed by atoms with Crippen LogP contribution in [0.15, 0.2) is 12.2 Å². The van der Waals surface area contributed by atoms with E-state index in [1.165, 1.54) is 0 Å². The summed E-state index contributed by atoms with van der Waals surface area (Å²) in [5.74, 6) is -2.68. The van der Waals surface area contributed by atoms with Crippen LogP contribution in [-0.2, 0) is 19.1 Å². The minimum atomic E-state index is -0.774. The summed E-state index contributed by atoms with van der Waals surface area (Å²) in [4.78, 5) is 42.3. The van der Waals surface area contributed by atoms with Crippen LogP contribution in [0.2, 0.25) is 0 Å². The first kappa shape index (κ1) is 28.3. The molecule has 7 heteroatoms. The number of esters is 1. The van der Waals surface area contributed by atoms with Crippen LogP contribution in [0.5, 0.6) is 0 Å². The first-order chi connectivity index (χ1) is 15.8. The van der Waals surface area contributed by atoms with Crippen molar-refractivity contribution in [2.75, 3.05) is 13.2 Å². The van der Waals surface area contributed by atoms with E-state index < -0.39 is 35.4 Å². The van der Waals surface area contributed by atoms with Gasteiger partial charge < -0.3 is 20.1 Å². The van der Waals surface area contributed by atoms with Gasteiger partial charge in [-0.2, -0.15) is 0 Å². The molecule has 1 heterocycles. The Morgan fingerprint density at radius 2 is 1.79 bits per heavy atom. The predicted octanol–water partition coefficient (Wildman–Crippen LogP) is 3.70. The van der Waals surface area contributed by atoms with Crippen molar-refractivity contribution in [2.24, 2.45) is 29.1 Å². The van der Waals surface area contributed by atoms with Crippen molar-refractivity contribution in [3.8, 4) is 0 Å². The predicted molar refractivity (Wildman–Crippen MR) is 133 cm³/mol. The van der Waals surface area contributed by atoms with Crippen LogP contribution in [-0.4, -0.2) is 58.6 Å². The van der Waals surface area contributed by atoms with Gasteiger partial charge in [0, 0.05) is 11.5 Å². The molecule has 7 nitrogen and oxygen atoms in total. The zero-order chi connectivity index (χ0) is 25.8. The quantitative estimate of drug-likeness (QED) is 0.369. The van der Waals surface area contributed by atoms with Crippen LogP contribution in [0, 0.1) is 29.1 Å². The van der Waals surface area contributed by atoms with E-state index in [9.17, 15) is 19.5 Å². The number of carbonyl (C=O) groups is 3. The van der Waals surface area contributed by atoms with Crippen LogP contribution in [0.1, 0.15) is 81.1 Å². The number of nitrogens with zero attached hydrogens (tertiary/aromatic N) is 1. The Bertz CT molecular complexity index is 765. The second-order valence-electron chi connectivity index (χ2n) is 11.8. The van der Waals surface area contributed by atoms with E-state index in [4.69, 9.17) is 4.74 Å². The fraction of sp³-hybridized carbons (Fsp3) is 0.815. The topological polar surface area (TPSA) is 95.9 Å². The summed E-state index contributed by atoms with van der Waals surface area (Å²) < 4.78 is 5.40. The molecule has 0 radical (unpaired) electrons. The monoisotopic (exact) mass is 478 g/mol. The molecule has 1 fully saturated rings. The molecule has 2 aliphatic rings. The Kier molecular flexibility index (Phi) is 9.37. The van der Waals surface area contributed by atoms with Gasteiger partial charge in [-0.25, -0.2) is 0 Å². The third kappa shape index (κ3) is 6.21. The summed E-state index contributed by atoms with van der Waals surface area (Å²) in [5.41, 5.74) is -0.471. The molecule has 0 saturated carbocycles. The number of hydrogen-bond acceptors (Lipinski definition) is 5. The molecule has 34 heavy (non-hydrogen) atoms. The summed E-state index contributed by atoms with van der Waals surface area (Å²) in [6.45, 7) is 16.1. The van der Waals surface area contributed by atoms with Gasteiger partial charge in [0.1, 0.15) is 6.04 Å². The second-order valence-corrected chi connectivity index (χ2v) is 11.8. The highest BCUT2D eigenvalue weighted by molar-refractivity contribution is 5.96. The van der Waals surface area contributed by atoms with Gasteiger partial charge in [-0.1, -0.05) is 53.2 Å². The first-order valence-electron chi connectivity index (χ1n) is 12.9. The van der Waals surface area contributed by atoms with Crippen molar-refractivity contribution in [1.82, 2.24) is 10.2 Å². The minimum absolute atomic E-state index is 0.00860. The summed E-state index contributed by atoms with van der Waals surface area (Å²) in [6.07, 6.45) is 6.89. The van der Waals surface area contributed by atoms with Crippen LogP contribution in [0.4, 0.5) is 0 Å². The molecule has 2 amide bonds. The van der Waals surface area contributed by atoms with Crippen molar-refractivity contribution >= 4 is 17.8 Å². The zero-order valence-electron chi connectivity index (χ0n) is 22.4. The molecule has 0 aromatic carbocycles. The number of likely N-dealkylation sites (tertiary alicyclic amines) is 1. The second kappa shape index (κ2) is 11.2. The van der Waals surface area contributed by atoms with E-state index in [2.05, 4.69) is 33.0 Å². The average Bonchev–Trinajstić information content (AvgIpc) is 3.00. The van der Waals surface area contributed by atoms with Gasteiger partial charge in [0.2, 0.25) is 11.8 Å². The van der Waals surface area contributed by atoms with Crippen LogP contribution < -0.4 is 5.32 Å². The standard InChI is InChI=1S/C27H46N2O5/c1-9-12-17-13-14-19-21(20(17)25(33)34-11-3)24(32)29(18(10-2)15-30)22(19)23(31)28-27(7,8)16-26(4,5)6/h13-14,17-22,30H,9-12,15-16H2,1-8H3,(H,28,31)/t17-,18+,19+,20-,21-,22+/m1/s1. The zero-order valence-corrected chi connectivity index (χ0v) is 22.4. The van der Waals surface area contributed by atoms with Crippen molar-refractivity contribution < 1.29 is 24.2 Å². The summed E-state index contributed by atoms with van der Waals surface area (Å²) in [7, 11) is 0. The van der Waals surface area contributed by atoms with Crippen molar-refractivity contribution in [3.63, 3.8) is 0 Å². The van der Waals surface area contributed by atoms with Gasteiger partial charge in [-0.15, -0.1) is 0 Å². The third-order valence-electron chi connectivity index (χ3n) is 7.01. The van der Waals surface area contributed by atoms with E-state index in [0.29, 0.717) is 6.42 Å². The maximum atomic E-state index is 13.9. The maximum Gasteiger partial charge on any atom is 0.310 e. The van der Waals surface area contributed by atoms with E-state index >= 15 is 0 Å². The lowest BCUT2D eigenvalue weighted by molar-refractivity contribution is -0.156. The molecule has 6 atom stereocenters. The number of carbonyl (C=O) groups excluding carboxylic acids is 3. The Labute approximate surface area is 205 Å². The van der Waals surface area contributed by atoms with Crippen molar-refractivity contribution in [1.29, 1.82) is 0 Å². The van der Waals surface area contributed by atoms with E-state index in [-0.39, 0.29) is 42.3 Å². The third-order valence-corrected chi connectivity index (χ3v) is 7.01. The Morgan fingerprint density at radius 1 is 1.15 bits per heavy atom. The number of aliphatic hydroxyl groups is 1. The Hall–Kier alpha value is -1.89. The van der Waals surface area contributed by atoms with Gasteiger partial charge in [-0.05, 0) is 51.4 Å². The molecule has 2 rings (SSSR count). The van der Waals surface area contributed by atoms with Gasteiger partial charge >= 0.3 is 5.97 Å². The molecular formula is C27H46N2O5. The van der Waals surface area contributed by atoms with Crippen LogP contribution >= 0.6 is 0 Å². The lowest BCUT2D eigenvalue weighted by atomic mass is 9.68. The average molecular weight is 479 g/mol. The molecule has 1 aliphatic carbocycles. The first-order valence-corrected chi connectivity index (χ1v) is 12.9. The molecular weight excluding hydrogens is 432 g/mol. The fourth-order valence-corrected chi connectivity index (χ4v) is 6.20. The summed E-state index contributed by atoms with van der Waals surface area (Å²) in [5, 5.41) is 13.3. The number of ether oxygens (including phenoxy) is 1. The number of allylic oxidation sites excluding steroid dienone is 1. The number of hydrogen-bond donors (Lipinski definition) is 2. The van der Waals surface area contributed by atoms with Crippen LogP contribution in [0.3, 0.4) is 0 Å². The van der Waals surface area contributed by atoms with Gasteiger partial charge in [0.05, 0.1) is 31.1 Å². The van der Waals surface area contributed by atoms with Crippen molar-refractivity contribution in [2.45, 2.75) is 98.7 Å². The highest BCUT2D eigenvalue weighted by atomic mass is 16.5. The number of rotatable bonds is 10. The lowest BCUT2D eigenvalue weighted by Crippen LogP contribution is -2.56. The van der Waals surface area contributed by atoms with E-state index in [1.807, 2.05) is 32.9 Å². The fourth-order valence-electron chi connectivity index (χ4n) is 6.20. The molecule has 194 valence electrons. The number of nitrogens with one attached hydrogen (secondary N) is 1. The number of aliphatic hydroxyl groups excluding tert-OH is 1. The summed E-state index contributed by atoms with van der Waals surface area (Å²) in [6, 6.07) is -1.26. The molecule has 0 unspecified atom stereocenters. The largest absolute Gasteiger partial charge is 0.466 e. The van der Waals surface area contributed by atoms with Crippen LogP contribution in [0.25, 0.3) is 0 Å². The number of amides is 2.